The van der Waals surface area contributed by atoms with Crippen molar-refractivity contribution in [1.29, 1.82) is 0 Å². The van der Waals surface area contributed by atoms with E-state index in [0.29, 0.717) is 12.4 Å². The van der Waals surface area contributed by atoms with E-state index in [4.69, 9.17) is 0 Å². The van der Waals surface area contributed by atoms with Crippen LogP contribution < -0.4 is 10.6 Å². The third-order valence-electron chi connectivity index (χ3n) is 2.96. The Morgan fingerprint density at radius 1 is 1.33 bits per heavy atom. The Balaban J connectivity index is 1.95. The number of aromatic nitrogens is 2. The van der Waals surface area contributed by atoms with Crippen molar-refractivity contribution in [1.82, 2.24) is 15.1 Å². The molecule has 0 unspecified atom stereocenters. The van der Waals surface area contributed by atoms with Gasteiger partial charge in [-0.2, -0.15) is 11.8 Å². The fraction of sp³-hybridized carbons (Fsp3) is 0.333. The molecule has 0 spiro atoms. The third-order valence-corrected chi connectivity index (χ3v) is 3.66. The van der Waals surface area contributed by atoms with Crippen LogP contribution in [0.5, 0.6) is 0 Å². The zero-order valence-electron chi connectivity index (χ0n) is 12.3. The number of urea groups is 1. The topological polar surface area (TPSA) is 59.0 Å². The van der Waals surface area contributed by atoms with Crippen LogP contribution in [0.4, 0.5) is 10.6 Å². The van der Waals surface area contributed by atoms with Crippen molar-refractivity contribution in [2.75, 3.05) is 23.9 Å². The zero-order valence-corrected chi connectivity index (χ0v) is 13.1. The maximum Gasteiger partial charge on any atom is 0.320 e. The summed E-state index contributed by atoms with van der Waals surface area (Å²) in [5.74, 6) is 1.63. The van der Waals surface area contributed by atoms with Gasteiger partial charge in [0.15, 0.2) is 5.82 Å². The van der Waals surface area contributed by atoms with Crippen LogP contribution in [0, 0.1) is 6.92 Å². The SMILES string of the molecule is CSCCCNC(=O)Nc1nn(-c2ccccc2)cc1C. The van der Waals surface area contributed by atoms with Gasteiger partial charge in [0, 0.05) is 18.3 Å². The predicted octanol–water partition coefficient (Wildman–Crippen LogP) is 3.06. The fourth-order valence-electron chi connectivity index (χ4n) is 1.87. The summed E-state index contributed by atoms with van der Waals surface area (Å²) < 4.78 is 1.76. The number of carbonyl (C=O) groups is 1. The summed E-state index contributed by atoms with van der Waals surface area (Å²) in [6, 6.07) is 9.60. The molecule has 0 atom stereocenters. The highest BCUT2D eigenvalue weighted by atomic mass is 32.2. The molecule has 0 fully saturated rings. The first-order valence-electron chi connectivity index (χ1n) is 6.86. The second-order valence-electron chi connectivity index (χ2n) is 4.67. The molecule has 0 saturated heterocycles. The molecule has 2 rings (SSSR count). The molecular formula is C15H20N4OS. The van der Waals surface area contributed by atoms with Gasteiger partial charge in [0.05, 0.1) is 5.69 Å². The van der Waals surface area contributed by atoms with Gasteiger partial charge in [-0.05, 0) is 37.5 Å². The summed E-state index contributed by atoms with van der Waals surface area (Å²) in [5, 5.41) is 10.0. The van der Waals surface area contributed by atoms with Gasteiger partial charge in [-0.25, -0.2) is 9.48 Å². The van der Waals surface area contributed by atoms with Crippen LogP contribution in [0.25, 0.3) is 5.69 Å². The second kappa shape index (κ2) is 7.73. The molecule has 0 saturated carbocycles. The van der Waals surface area contributed by atoms with Crippen molar-refractivity contribution < 1.29 is 4.79 Å². The Labute approximate surface area is 129 Å². The largest absolute Gasteiger partial charge is 0.338 e. The average Bonchev–Trinajstić information content (AvgIpc) is 2.86. The lowest BCUT2D eigenvalue weighted by molar-refractivity contribution is 0.252. The van der Waals surface area contributed by atoms with Crippen molar-refractivity contribution in [3.63, 3.8) is 0 Å². The van der Waals surface area contributed by atoms with E-state index in [1.54, 1.807) is 16.4 Å². The van der Waals surface area contributed by atoms with Gasteiger partial charge >= 0.3 is 6.03 Å². The summed E-state index contributed by atoms with van der Waals surface area (Å²) in [5.41, 5.74) is 1.90. The number of hydrogen-bond acceptors (Lipinski definition) is 3. The van der Waals surface area contributed by atoms with Crippen LogP contribution in [0.2, 0.25) is 0 Å². The minimum atomic E-state index is -0.211. The number of rotatable bonds is 6. The number of aryl methyl sites for hydroxylation is 1. The maximum absolute atomic E-state index is 11.8. The molecular weight excluding hydrogens is 284 g/mol. The molecule has 0 aliphatic carbocycles. The van der Waals surface area contributed by atoms with E-state index >= 15 is 0 Å². The van der Waals surface area contributed by atoms with Crippen molar-refractivity contribution in [2.24, 2.45) is 0 Å². The minimum Gasteiger partial charge on any atom is -0.338 e. The summed E-state index contributed by atoms with van der Waals surface area (Å²) in [6.07, 6.45) is 4.92. The highest BCUT2D eigenvalue weighted by Gasteiger charge is 2.09. The van der Waals surface area contributed by atoms with E-state index in [2.05, 4.69) is 22.0 Å². The van der Waals surface area contributed by atoms with Gasteiger partial charge in [-0.3, -0.25) is 5.32 Å². The van der Waals surface area contributed by atoms with Gasteiger partial charge in [0.25, 0.3) is 0 Å². The van der Waals surface area contributed by atoms with E-state index in [-0.39, 0.29) is 6.03 Å². The lowest BCUT2D eigenvalue weighted by atomic mass is 10.3. The van der Waals surface area contributed by atoms with Gasteiger partial charge < -0.3 is 5.32 Å². The molecule has 0 aliphatic rings. The molecule has 1 aromatic carbocycles. The Kier molecular flexibility index (Phi) is 5.68. The zero-order chi connectivity index (χ0) is 15.1. The summed E-state index contributed by atoms with van der Waals surface area (Å²) in [7, 11) is 0. The number of amides is 2. The third kappa shape index (κ3) is 4.53. The first kappa shape index (κ1) is 15.4. The van der Waals surface area contributed by atoms with Crippen LogP contribution in [0.3, 0.4) is 0 Å². The Morgan fingerprint density at radius 2 is 2.10 bits per heavy atom. The Bertz CT molecular complexity index is 583. The monoisotopic (exact) mass is 304 g/mol. The van der Waals surface area contributed by atoms with Gasteiger partial charge in [-0.15, -0.1) is 5.10 Å². The van der Waals surface area contributed by atoms with E-state index in [1.807, 2.05) is 43.5 Å². The molecule has 2 N–H and O–H groups in total. The number of nitrogens with zero attached hydrogens (tertiary/aromatic N) is 2. The number of thioether (sulfide) groups is 1. The van der Waals surface area contributed by atoms with Gasteiger partial charge in [0.1, 0.15) is 0 Å². The number of carbonyl (C=O) groups excluding carboxylic acids is 1. The molecule has 1 heterocycles. The van der Waals surface area contributed by atoms with E-state index in [9.17, 15) is 4.79 Å². The molecule has 0 radical (unpaired) electrons. The number of anilines is 1. The molecule has 6 heteroatoms. The first-order valence-corrected chi connectivity index (χ1v) is 8.25. The molecule has 2 aromatic rings. The first-order chi connectivity index (χ1) is 10.2. The summed E-state index contributed by atoms with van der Waals surface area (Å²) >= 11 is 1.77. The summed E-state index contributed by atoms with van der Waals surface area (Å²) in [4.78, 5) is 11.8. The highest BCUT2D eigenvalue weighted by Crippen LogP contribution is 2.15. The molecule has 112 valence electrons. The van der Waals surface area contributed by atoms with Crippen molar-refractivity contribution >= 4 is 23.6 Å². The molecule has 21 heavy (non-hydrogen) atoms. The van der Waals surface area contributed by atoms with Crippen LogP contribution in [-0.4, -0.2) is 34.4 Å². The van der Waals surface area contributed by atoms with Crippen LogP contribution in [0.15, 0.2) is 36.5 Å². The van der Waals surface area contributed by atoms with Crippen molar-refractivity contribution in [3.8, 4) is 5.69 Å². The lowest BCUT2D eigenvalue weighted by Crippen LogP contribution is -2.30. The summed E-state index contributed by atoms with van der Waals surface area (Å²) in [6.45, 7) is 2.60. The molecule has 0 bridgehead atoms. The maximum atomic E-state index is 11.8. The van der Waals surface area contributed by atoms with E-state index < -0.39 is 0 Å². The van der Waals surface area contributed by atoms with Crippen LogP contribution in [0.1, 0.15) is 12.0 Å². The number of hydrogen-bond donors (Lipinski definition) is 2. The smallest absolute Gasteiger partial charge is 0.320 e. The highest BCUT2D eigenvalue weighted by molar-refractivity contribution is 7.98. The van der Waals surface area contributed by atoms with Crippen LogP contribution in [-0.2, 0) is 0 Å². The molecule has 1 aromatic heterocycles. The van der Waals surface area contributed by atoms with Gasteiger partial charge in [-0.1, -0.05) is 18.2 Å². The minimum absolute atomic E-state index is 0.211. The van der Waals surface area contributed by atoms with Gasteiger partial charge in [0.2, 0.25) is 0 Å². The molecule has 5 nitrogen and oxygen atoms in total. The van der Waals surface area contributed by atoms with E-state index in [1.165, 1.54) is 0 Å². The number of benzene rings is 1. The Morgan fingerprint density at radius 3 is 2.81 bits per heavy atom. The molecule has 0 aliphatic heterocycles. The normalized spacial score (nSPS) is 10.4. The fourth-order valence-corrected chi connectivity index (χ4v) is 2.30. The van der Waals surface area contributed by atoms with E-state index in [0.717, 1.165) is 23.4 Å². The predicted molar refractivity (Wildman–Crippen MR) is 88.3 cm³/mol. The molecule has 2 amide bonds. The number of para-hydroxylation sites is 1. The standard InChI is InChI=1S/C15H20N4OS/c1-12-11-19(13-7-4-3-5-8-13)18-14(12)17-15(20)16-9-6-10-21-2/h3-5,7-8,11H,6,9-10H2,1-2H3,(H2,16,17,18,20). The quantitative estimate of drug-likeness (QED) is 0.806. The van der Waals surface area contributed by atoms with Crippen molar-refractivity contribution in [2.45, 2.75) is 13.3 Å². The second-order valence-corrected chi connectivity index (χ2v) is 5.65. The average molecular weight is 304 g/mol. The lowest BCUT2D eigenvalue weighted by Gasteiger charge is -2.05. The number of nitrogens with one attached hydrogen (secondary N) is 2. The Hall–Kier alpha value is -1.95. The van der Waals surface area contributed by atoms with Crippen LogP contribution >= 0.6 is 11.8 Å². The van der Waals surface area contributed by atoms with Crippen molar-refractivity contribution in [3.05, 3.63) is 42.1 Å².